The zero-order valence-corrected chi connectivity index (χ0v) is 20.0. The van der Waals surface area contributed by atoms with Gasteiger partial charge in [0.2, 0.25) is 11.8 Å². The number of carbonyl (C=O) groups excluding carboxylic acids is 2. The predicted octanol–water partition coefficient (Wildman–Crippen LogP) is 5.15. The highest BCUT2D eigenvalue weighted by Gasteiger charge is 2.24. The third-order valence-corrected chi connectivity index (χ3v) is 6.24. The first-order chi connectivity index (χ1) is 16.5. The van der Waals surface area contributed by atoms with Gasteiger partial charge < -0.3 is 15.1 Å². The lowest BCUT2D eigenvalue weighted by atomic mass is 9.90. The maximum atomic E-state index is 13.3. The van der Waals surface area contributed by atoms with Gasteiger partial charge in [-0.1, -0.05) is 74.5 Å². The number of hydrogen-bond donors (Lipinski definition) is 1. The van der Waals surface area contributed by atoms with Gasteiger partial charge in [-0.25, -0.2) is 0 Å². The third-order valence-electron chi connectivity index (χ3n) is 6.24. The van der Waals surface area contributed by atoms with Gasteiger partial charge >= 0.3 is 0 Å². The summed E-state index contributed by atoms with van der Waals surface area (Å²) < 4.78 is 0. The molecule has 1 fully saturated rings. The molecule has 0 unspecified atom stereocenters. The van der Waals surface area contributed by atoms with Gasteiger partial charge in [-0.15, -0.1) is 0 Å². The fraction of sp³-hybridized carbons (Fsp3) is 0.310. The van der Waals surface area contributed by atoms with Crippen molar-refractivity contribution in [1.29, 1.82) is 0 Å². The monoisotopic (exact) mass is 455 g/mol. The van der Waals surface area contributed by atoms with Gasteiger partial charge in [0.15, 0.2) is 0 Å². The molecule has 0 atom stereocenters. The van der Waals surface area contributed by atoms with Crippen LogP contribution in [0.4, 0.5) is 11.4 Å². The summed E-state index contributed by atoms with van der Waals surface area (Å²) in [4.78, 5) is 29.9. The maximum absolute atomic E-state index is 13.3. The van der Waals surface area contributed by atoms with E-state index >= 15 is 0 Å². The first-order valence-corrected chi connectivity index (χ1v) is 12.0. The molecule has 0 bridgehead atoms. The first-order valence-electron chi connectivity index (χ1n) is 12.0. The normalized spacial score (nSPS) is 13.9. The smallest absolute Gasteiger partial charge is 0.236 e. The van der Waals surface area contributed by atoms with Crippen LogP contribution in [0.25, 0.3) is 0 Å². The molecule has 0 saturated carbocycles. The van der Waals surface area contributed by atoms with Gasteiger partial charge in [-0.2, -0.15) is 0 Å². The second-order valence-corrected chi connectivity index (χ2v) is 9.26. The Hall–Kier alpha value is -3.60. The third kappa shape index (κ3) is 5.84. The van der Waals surface area contributed by atoms with Crippen LogP contribution >= 0.6 is 0 Å². The summed E-state index contributed by atoms with van der Waals surface area (Å²) in [5.41, 5.74) is 3.81. The van der Waals surface area contributed by atoms with Crippen LogP contribution in [-0.4, -0.2) is 42.9 Å². The van der Waals surface area contributed by atoms with Crippen molar-refractivity contribution in [2.24, 2.45) is 5.92 Å². The number of nitrogens with one attached hydrogen (secondary N) is 1. The van der Waals surface area contributed by atoms with Crippen LogP contribution in [0.1, 0.15) is 37.3 Å². The Bertz CT molecular complexity index is 1030. The number of rotatable bonds is 7. The first kappa shape index (κ1) is 23.6. The molecule has 5 nitrogen and oxygen atoms in total. The summed E-state index contributed by atoms with van der Waals surface area (Å²) in [5.74, 6) is 0.205. The maximum Gasteiger partial charge on any atom is 0.236 e. The fourth-order valence-electron chi connectivity index (χ4n) is 4.45. The van der Waals surface area contributed by atoms with Crippen molar-refractivity contribution in [3.8, 4) is 0 Å². The van der Waals surface area contributed by atoms with Crippen LogP contribution in [0, 0.1) is 5.92 Å². The van der Waals surface area contributed by atoms with Crippen LogP contribution in [0.15, 0.2) is 84.9 Å². The number of piperazine rings is 1. The van der Waals surface area contributed by atoms with E-state index in [1.165, 1.54) is 0 Å². The number of amides is 2. The highest BCUT2D eigenvalue weighted by atomic mass is 16.2. The molecule has 1 saturated heterocycles. The van der Waals surface area contributed by atoms with Crippen molar-refractivity contribution < 1.29 is 9.59 Å². The molecule has 3 aromatic rings. The van der Waals surface area contributed by atoms with Crippen LogP contribution in [0.5, 0.6) is 0 Å². The molecule has 3 aromatic carbocycles. The molecule has 0 spiro atoms. The number of anilines is 2. The molecule has 1 aliphatic rings. The fourth-order valence-corrected chi connectivity index (χ4v) is 4.45. The largest absolute Gasteiger partial charge is 0.368 e. The summed E-state index contributed by atoms with van der Waals surface area (Å²) in [6, 6.07) is 27.7. The molecular weight excluding hydrogens is 422 g/mol. The molecular formula is C29H33N3O2. The summed E-state index contributed by atoms with van der Waals surface area (Å²) in [7, 11) is 0. The molecule has 1 heterocycles. The SMILES string of the molecule is CC(C)CC(=O)N1CCN(c2ccc(NC(=O)C(c3ccccc3)c3ccccc3)cc2)CC1. The Morgan fingerprint density at radius 3 is 1.79 bits per heavy atom. The Kier molecular flexibility index (Phi) is 7.63. The predicted molar refractivity (Wildman–Crippen MR) is 138 cm³/mol. The number of carbonyl (C=O) groups is 2. The Balaban J connectivity index is 1.40. The van der Waals surface area contributed by atoms with Crippen molar-refractivity contribution in [3.05, 3.63) is 96.1 Å². The second-order valence-electron chi connectivity index (χ2n) is 9.26. The standard InChI is InChI=1S/C29H33N3O2/c1-22(2)21-27(33)32-19-17-31(18-20-32)26-15-13-25(14-16-26)30-29(34)28(23-9-5-3-6-10-23)24-11-7-4-8-12-24/h3-16,22,28H,17-21H2,1-2H3,(H,30,34). The average Bonchev–Trinajstić information content (AvgIpc) is 2.86. The molecule has 0 aliphatic carbocycles. The van der Waals surface area contributed by atoms with Crippen molar-refractivity contribution in [1.82, 2.24) is 4.90 Å². The Morgan fingerprint density at radius 1 is 0.765 bits per heavy atom. The van der Waals surface area contributed by atoms with Crippen LogP contribution in [-0.2, 0) is 9.59 Å². The average molecular weight is 456 g/mol. The van der Waals surface area contributed by atoms with E-state index in [2.05, 4.69) is 24.1 Å². The van der Waals surface area contributed by atoms with Crippen molar-refractivity contribution in [3.63, 3.8) is 0 Å². The van der Waals surface area contributed by atoms with Gasteiger partial charge in [-0.05, 0) is 41.3 Å². The molecule has 1 aliphatic heterocycles. The van der Waals surface area contributed by atoms with Gasteiger partial charge in [0.05, 0.1) is 5.92 Å². The minimum absolute atomic E-state index is 0.0533. The summed E-state index contributed by atoms with van der Waals surface area (Å²) in [6.07, 6.45) is 0.612. The number of hydrogen-bond acceptors (Lipinski definition) is 3. The van der Waals surface area contributed by atoms with Crippen LogP contribution in [0.2, 0.25) is 0 Å². The molecule has 5 heteroatoms. The van der Waals surface area contributed by atoms with Gasteiger partial charge in [0.1, 0.15) is 0 Å². The molecule has 2 amide bonds. The van der Waals surface area contributed by atoms with E-state index in [1.807, 2.05) is 89.8 Å². The number of nitrogens with zero attached hydrogens (tertiary/aromatic N) is 2. The Labute approximate surface area is 202 Å². The summed E-state index contributed by atoms with van der Waals surface area (Å²) in [6.45, 7) is 7.30. The van der Waals surface area contributed by atoms with Crippen molar-refractivity contribution >= 4 is 23.2 Å². The zero-order valence-electron chi connectivity index (χ0n) is 20.0. The molecule has 0 aromatic heterocycles. The highest BCUT2D eigenvalue weighted by Crippen LogP contribution is 2.27. The minimum Gasteiger partial charge on any atom is -0.368 e. The topological polar surface area (TPSA) is 52.7 Å². The summed E-state index contributed by atoms with van der Waals surface area (Å²) in [5, 5.41) is 3.10. The van der Waals surface area contributed by atoms with Gasteiger partial charge in [-0.3, -0.25) is 9.59 Å². The highest BCUT2D eigenvalue weighted by molar-refractivity contribution is 5.98. The van der Waals surface area contributed by atoms with E-state index in [9.17, 15) is 9.59 Å². The van der Waals surface area contributed by atoms with Crippen LogP contribution in [0.3, 0.4) is 0 Å². The quantitative estimate of drug-likeness (QED) is 0.536. The Morgan fingerprint density at radius 2 is 1.29 bits per heavy atom. The second kappa shape index (κ2) is 11.0. The zero-order chi connectivity index (χ0) is 23.9. The van der Waals surface area contributed by atoms with E-state index in [0.29, 0.717) is 12.3 Å². The lowest BCUT2D eigenvalue weighted by Gasteiger charge is -2.36. The van der Waals surface area contributed by atoms with Gasteiger partial charge in [0, 0.05) is 44.0 Å². The summed E-state index contributed by atoms with van der Waals surface area (Å²) >= 11 is 0. The molecule has 176 valence electrons. The van der Waals surface area contributed by atoms with E-state index in [0.717, 1.165) is 48.7 Å². The van der Waals surface area contributed by atoms with Crippen molar-refractivity contribution in [2.45, 2.75) is 26.2 Å². The van der Waals surface area contributed by atoms with E-state index in [1.54, 1.807) is 0 Å². The molecule has 4 rings (SSSR count). The molecule has 0 radical (unpaired) electrons. The minimum atomic E-state index is -0.376. The van der Waals surface area contributed by atoms with E-state index in [4.69, 9.17) is 0 Å². The van der Waals surface area contributed by atoms with E-state index in [-0.39, 0.29) is 17.7 Å². The van der Waals surface area contributed by atoms with E-state index < -0.39 is 0 Å². The van der Waals surface area contributed by atoms with Crippen molar-refractivity contribution in [2.75, 3.05) is 36.4 Å². The molecule has 34 heavy (non-hydrogen) atoms. The lowest BCUT2D eigenvalue weighted by molar-refractivity contribution is -0.132. The van der Waals surface area contributed by atoms with Crippen LogP contribution < -0.4 is 10.2 Å². The van der Waals surface area contributed by atoms with Gasteiger partial charge in [0.25, 0.3) is 0 Å². The number of benzene rings is 3. The molecule has 1 N–H and O–H groups in total. The lowest BCUT2D eigenvalue weighted by Crippen LogP contribution is -2.49.